The van der Waals surface area contributed by atoms with Crippen molar-refractivity contribution in [1.82, 2.24) is 10.6 Å². The van der Waals surface area contributed by atoms with Crippen molar-refractivity contribution in [2.45, 2.75) is 6.54 Å². The van der Waals surface area contributed by atoms with E-state index in [2.05, 4.69) is 15.4 Å². The normalized spacial score (nSPS) is 9.84. The van der Waals surface area contributed by atoms with Crippen LogP contribution in [0.15, 0.2) is 48.5 Å². The Morgan fingerprint density at radius 3 is 2.12 bits per heavy atom. The number of hydrogen-bond donors (Lipinski definition) is 2. The van der Waals surface area contributed by atoms with Gasteiger partial charge in [-0.05, 0) is 54.2 Å². The second-order valence-electron chi connectivity index (χ2n) is 5.05. The number of rotatable bonds is 5. The van der Waals surface area contributed by atoms with E-state index in [1.54, 1.807) is 7.11 Å². The topological polar surface area (TPSA) is 76.7 Å². The van der Waals surface area contributed by atoms with Crippen LogP contribution in [0, 0.1) is 0 Å². The highest BCUT2D eigenvalue weighted by Gasteiger charge is 2.10. The van der Waals surface area contributed by atoms with E-state index < -0.39 is 5.97 Å². The summed E-state index contributed by atoms with van der Waals surface area (Å²) >= 11 is 5.12. The maximum absolute atomic E-state index is 12.1. The van der Waals surface area contributed by atoms with E-state index in [0.717, 1.165) is 11.3 Å². The lowest BCUT2D eigenvalue weighted by molar-refractivity contribution is 0.0600. The zero-order chi connectivity index (χ0) is 18.2. The van der Waals surface area contributed by atoms with Gasteiger partial charge in [0.1, 0.15) is 5.75 Å². The molecule has 0 saturated heterocycles. The Hall–Kier alpha value is -2.93. The quantitative estimate of drug-likeness (QED) is 0.631. The van der Waals surface area contributed by atoms with Crippen LogP contribution in [-0.4, -0.2) is 31.2 Å². The zero-order valence-electron chi connectivity index (χ0n) is 13.9. The summed E-state index contributed by atoms with van der Waals surface area (Å²) in [4.78, 5) is 23.5. The van der Waals surface area contributed by atoms with Gasteiger partial charge in [0.05, 0.1) is 19.8 Å². The summed E-state index contributed by atoms with van der Waals surface area (Å²) in [5.74, 6) is -0.0395. The first-order valence-electron chi connectivity index (χ1n) is 7.44. The minimum atomic E-state index is -0.455. The Bertz CT molecular complexity index is 758. The van der Waals surface area contributed by atoms with Crippen LogP contribution < -0.4 is 15.4 Å². The lowest BCUT2D eigenvalue weighted by Crippen LogP contribution is -2.38. The standard InChI is InChI=1S/C18H18N2O4S/c1-23-15-9-3-12(4-10-15)11-19-18(25)20-16(21)13-5-7-14(8-6-13)17(22)24-2/h3-10H,11H2,1-2H3,(H2,19,20,21,25). The first-order valence-corrected chi connectivity index (χ1v) is 7.85. The molecule has 2 aromatic rings. The van der Waals surface area contributed by atoms with Gasteiger partial charge in [0.2, 0.25) is 0 Å². The molecular weight excluding hydrogens is 340 g/mol. The van der Waals surface area contributed by atoms with Crippen molar-refractivity contribution in [3.05, 3.63) is 65.2 Å². The van der Waals surface area contributed by atoms with E-state index in [0.29, 0.717) is 17.7 Å². The molecule has 0 bridgehead atoms. The number of esters is 1. The van der Waals surface area contributed by atoms with Crippen molar-refractivity contribution in [2.75, 3.05) is 14.2 Å². The molecule has 0 aromatic heterocycles. The summed E-state index contributed by atoms with van der Waals surface area (Å²) in [7, 11) is 2.91. The fourth-order valence-corrected chi connectivity index (χ4v) is 2.19. The van der Waals surface area contributed by atoms with Gasteiger partial charge in [0.25, 0.3) is 5.91 Å². The number of carbonyl (C=O) groups excluding carboxylic acids is 2. The Morgan fingerprint density at radius 1 is 0.960 bits per heavy atom. The maximum Gasteiger partial charge on any atom is 0.337 e. The van der Waals surface area contributed by atoms with E-state index in [1.165, 1.54) is 31.4 Å². The molecule has 0 unspecified atom stereocenters. The van der Waals surface area contributed by atoms with E-state index in [4.69, 9.17) is 17.0 Å². The molecule has 0 atom stereocenters. The molecule has 0 spiro atoms. The first-order chi connectivity index (χ1) is 12.0. The molecule has 0 saturated carbocycles. The lowest BCUT2D eigenvalue weighted by atomic mass is 10.1. The van der Waals surface area contributed by atoms with E-state index in [-0.39, 0.29) is 11.0 Å². The highest BCUT2D eigenvalue weighted by Crippen LogP contribution is 2.11. The summed E-state index contributed by atoms with van der Waals surface area (Å²) in [5, 5.41) is 5.77. The summed E-state index contributed by atoms with van der Waals surface area (Å²) in [6.07, 6.45) is 0. The average Bonchev–Trinajstić information content (AvgIpc) is 2.66. The SMILES string of the molecule is COC(=O)c1ccc(C(=O)NC(=S)NCc2ccc(OC)cc2)cc1. The van der Waals surface area contributed by atoms with Crippen LogP contribution in [-0.2, 0) is 11.3 Å². The second kappa shape index (κ2) is 8.79. The van der Waals surface area contributed by atoms with Crippen molar-refractivity contribution < 1.29 is 19.1 Å². The molecule has 0 aliphatic rings. The van der Waals surface area contributed by atoms with Crippen molar-refractivity contribution in [2.24, 2.45) is 0 Å². The van der Waals surface area contributed by atoms with Crippen LogP contribution in [0.3, 0.4) is 0 Å². The third kappa shape index (κ3) is 5.29. The number of nitrogens with one attached hydrogen (secondary N) is 2. The number of thiocarbonyl (C=S) groups is 1. The third-order valence-electron chi connectivity index (χ3n) is 3.41. The number of ether oxygens (including phenoxy) is 2. The Kier molecular flexibility index (Phi) is 6.47. The van der Waals surface area contributed by atoms with E-state index in [1.807, 2.05) is 24.3 Å². The van der Waals surface area contributed by atoms with Gasteiger partial charge < -0.3 is 14.8 Å². The van der Waals surface area contributed by atoms with Crippen molar-refractivity contribution >= 4 is 29.2 Å². The lowest BCUT2D eigenvalue weighted by Gasteiger charge is -2.10. The molecule has 2 aromatic carbocycles. The Balaban J connectivity index is 1.86. The number of carbonyl (C=O) groups is 2. The van der Waals surface area contributed by atoms with Gasteiger partial charge in [0, 0.05) is 12.1 Å². The Morgan fingerprint density at radius 2 is 1.56 bits per heavy atom. The average molecular weight is 358 g/mol. The van der Waals surface area contributed by atoms with Crippen LogP contribution in [0.5, 0.6) is 5.75 Å². The number of hydrogen-bond acceptors (Lipinski definition) is 5. The maximum atomic E-state index is 12.1. The zero-order valence-corrected chi connectivity index (χ0v) is 14.7. The summed E-state index contributed by atoms with van der Waals surface area (Å²) in [6, 6.07) is 13.6. The van der Waals surface area contributed by atoms with Gasteiger partial charge in [0.15, 0.2) is 5.11 Å². The van der Waals surface area contributed by atoms with Crippen molar-refractivity contribution in [3.8, 4) is 5.75 Å². The number of amides is 1. The fourth-order valence-electron chi connectivity index (χ4n) is 2.02. The largest absolute Gasteiger partial charge is 0.497 e. The Labute approximate surface area is 151 Å². The van der Waals surface area contributed by atoms with Crippen LogP contribution in [0.25, 0.3) is 0 Å². The molecule has 2 rings (SSSR count). The second-order valence-corrected chi connectivity index (χ2v) is 5.46. The molecular formula is C18H18N2O4S. The van der Waals surface area contributed by atoms with Crippen molar-refractivity contribution in [1.29, 1.82) is 0 Å². The van der Waals surface area contributed by atoms with E-state index >= 15 is 0 Å². The van der Waals surface area contributed by atoms with Gasteiger partial charge in [-0.25, -0.2) is 4.79 Å². The van der Waals surface area contributed by atoms with Gasteiger partial charge in [-0.1, -0.05) is 12.1 Å². The minimum absolute atomic E-state index is 0.220. The van der Waals surface area contributed by atoms with Gasteiger partial charge in [-0.2, -0.15) is 0 Å². The van der Waals surface area contributed by atoms with Crippen LogP contribution in [0.2, 0.25) is 0 Å². The summed E-state index contributed by atoms with van der Waals surface area (Å²) in [6.45, 7) is 0.477. The van der Waals surface area contributed by atoms with Crippen molar-refractivity contribution in [3.63, 3.8) is 0 Å². The predicted molar refractivity (Wildman–Crippen MR) is 97.7 cm³/mol. The van der Waals surface area contributed by atoms with E-state index in [9.17, 15) is 9.59 Å². The molecule has 1 amide bonds. The minimum Gasteiger partial charge on any atom is -0.497 e. The highest BCUT2D eigenvalue weighted by atomic mass is 32.1. The first kappa shape index (κ1) is 18.4. The van der Waals surface area contributed by atoms with Crippen LogP contribution in [0.1, 0.15) is 26.3 Å². The molecule has 0 radical (unpaired) electrons. The smallest absolute Gasteiger partial charge is 0.337 e. The monoisotopic (exact) mass is 358 g/mol. The fraction of sp³-hybridized carbons (Fsp3) is 0.167. The highest BCUT2D eigenvalue weighted by molar-refractivity contribution is 7.80. The number of methoxy groups -OCH3 is 2. The predicted octanol–water partition coefficient (Wildman–Crippen LogP) is 2.29. The van der Waals surface area contributed by atoms with Crippen LogP contribution >= 0.6 is 12.2 Å². The molecule has 2 N–H and O–H groups in total. The molecule has 0 aliphatic heterocycles. The van der Waals surface area contributed by atoms with Crippen LogP contribution in [0.4, 0.5) is 0 Å². The molecule has 130 valence electrons. The third-order valence-corrected chi connectivity index (χ3v) is 3.65. The molecule has 7 heteroatoms. The van der Waals surface area contributed by atoms with Gasteiger partial charge >= 0.3 is 5.97 Å². The molecule has 0 fully saturated rings. The molecule has 6 nitrogen and oxygen atoms in total. The molecule has 0 aliphatic carbocycles. The molecule has 0 heterocycles. The van der Waals surface area contributed by atoms with Gasteiger partial charge in [-0.15, -0.1) is 0 Å². The molecule has 25 heavy (non-hydrogen) atoms. The summed E-state index contributed by atoms with van der Waals surface area (Å²) in [5.41, 5.74) is 1.76. The summed E-state index contributed by atoms with van der Waals surface area (Å²) < 4.78 is 9.71. The van der Waals surface area contributed by atoms with Gasteiger partial charge in [-0.3, -0.25) is 10.1 Å². The number of benzene rings is 2.